The van der Waals surface area contributed by atoms with E-state index in [0.717, 1.165) is 26.3 Å². The molecule has 20 heavy (non-hydrogen) atoms. The van der Waals surface area contributed by atoms with Gasteiger partial charge in [0.1, 0.15) is 0 Å². The van der Waals surface area contributed by atoms with Crippen molar-refractivity contribution in [3.8, 4) is 0 Å². The third-order valence-electron chi connectivity index (χ3n) is 3.14. The van der Waals surface area contributed by atoms with E-state index in [1.807, 2.05) is 42.6 Å². The number of hydrogen-bond acceptors (Lipinski definition) is 2. The van der Waals surface area contributed by atoms with Crippen molar-refractivity contribution >= 4 is 50.8 Å². The van der Waals surface area contributed by atoms with Crippen LogP contribution in [0.25, 0.3) is 10.9 Å². The number of rotatable bonds is 3. The molecule has 0 bridgehead atoms. The second-order valence-electron chi connectivity index (χ2n) is 4.46. The molecule has 0 aliphatic heterocycles. The summed E-state index contributed by atoms with van der Waals surface area (Å²) >= 11 is 8.26. The highest BCUT2D eigenvalue weighted by molar-refractivity contribution is 14.1. The second-order valence-corrected chi connectivity index (χ2v) is 6.06. The van der Waals surface area contributed by atoms with Crippen molar-refractivity contribution < 1.29 is 0 Å². The Morgan fingerprint density at radius 1 is 1.10 bits per heavy atom. The summed E-state index contributed by atoms with van der Waals surface area (Å²) in [7, 11) is 0. The zero-order chi connectivity index (χ0) is 13.9. The van der Waals surface area contributed by atoms with Gasteiger partial charge in [-0.15, -0.1) is 0 Å². The fourth-order valence-corrected chi connectivity index (χ4v) is 3.19. The smallest absolute Gasteiger partial charge is 0.0705 e. The average Bonchev–Trinajstić information content (AvgIpc) is 2.46. The Bertz CT molecular complexity index is 753. The molecule has 2 nitrogen and oxygen atoms in total. The molecular formula is C16H12ClIN2. The van der Waals surface area contributed by atoms with Crippen LogP contribution in [0.15, 0.2) is 54.7 Å². The molecule has 0 unspecified atom stereocenters. The number of anilines is 1. The minimum absolute atomic E-state index is 0.759. The molecule has 4 heteroatoms. The Balaban J connectivity index is 1.87. The summed E-state index contributed by atoms with van der Waals surface area (Å²) in [5.41, 5.74) is 3.36. The maximum absolute atomic E-state index is 5.97. The first kappa shape index (κ1) is 13.6. The molecule has 1 aromatic heterocycles. The third kappa shape index (κ3) is 2.88. The quantitative estimate of drug-likeness (QED) is 0.625. The number of para-hydroxylation sites is 1. The van der Waals surface area contributed by atoms with Gasteiger partial charge in [-0.1, -0.05) is 29.8 Å². The van der Waals surface area contributed by atoms with Crippen LogP contribution in [0, 0.1) is 3.57 Å². The first-order chi connectivity index (χ1) is 9.74. The molecular weight excluding hydrogens is 383 g/mol. The van der Waals surface area contributed by atoms with Gasteiger partial charge in [-0.3, -0.25) is 4.98 Å². The van der Waals surface area contributed by atoms with Crippen LogP contribution in [0.5, 0.6) is 0 Å². The summed E-state index contributed by atoms with van der Waals surface area (Å²) in [6.07, 6.45) is 1.85. The summed E-state index contributed by atoms with van der Waals surface area (Å²) in [5, 5.41) is 5.40. The van der Waals surface area contributed by atoms with Crippen molar-refractivity contribution in [1.29, 1.82) is 0 Å². The summed E-state index contributed by atoms with van der Waals surface area (Å²) in [6, 6.07) is 16.1. The fourth-order valence-electron chi connectivity index (χ4n) is 2.13. The molecule has 0 saturated carbocycles. The standard InChI is InChI=1S/C16H12ClIN2/c17-12-5-6-16(14(18)9-12)20-10-11-7-8-19-15-4-2-1-3-13(11)15/h1-9,20H,10H2. The van der Waals surface area contributed by atoms with Crippen molar-refractivity contribution in [1.82, 2.24) is 4.98 Å². The molecule has 0 radical (unpaired) electrons. The van der Waals surface area contributed by atoms with E-state index in [0.29, 0.717) is 0 Å². The SMILES string of the molecule is Clc1ccc(NCc2ccnc3ccccc23)c(I)c1. The second kappa shape index (κ2) is 5.97. The van der Waals surface area contributed by atoms with Crippen LogP contribution < -0.4 is 5.32 Å². The predicted molar refractivity (Wildman–Crippen MR) is 93.2 cm³/mol. The normalized spacial score (nSPS) is 10.7. The molecule has 0 aliphatic carbocycles. The summed E-state index contributed by atoms with van der Waals surface area (Å²) < 4.78 is 1.12. The van der Waals surface area contributed by atoms with Crippen molar-refractivity contribution in [3.05, 3.63) is 68.9 Å². The minimum Gasteiger partial charge on any atom is -0.380 e. The number of fused-ring (bicyclic) bond motifs is 1. The number of pyridine rings is 1. The first-order valence-corrected chi connectivity index (χ1v) is 7.71. The molecule has 1 N–H and O–H groups in total. The van der Waals surface area contributed by atoms with Crippen LogP contribution in [0.3, 0.4) is 0 Å². The number of hydrogen-bond donors (Lipinski definition) is 1. The molecule has 2 aromatic carbocycles. The molecule has 0 spiro atoms. The van der Waals surface area contributed by atoms with Crippen LogP contribution in [0.4, 0.5) is 5.69 Å². The largest absolute Gasteiger partial charge is 0.380 e. The first-order valence-electron chi connectivity index (χ1n) is 6.25. The van der Waals surface area contributed by atoms with E-state index in [9.17, 15) is 0 Å². The van der Waals surface area contributed by atoms with Gasteiger partial charge >= 0.3 is 0 Å². The molecule has 3 rings (SSSR count). The number of benzene rings is 2. The summed E-state index contributed by atoms with van der Waals surface area (Å²) in [4.78, 5) is 4.38. The van der Waals surface area contributed by atoms with Gasteiger partial charge in [0.25, 0.3) is 0 Å². The lowest BCUT2D eigenvalue weighted by molar-refractivity contribution is 1.15. The van der Waals surface area contributed by atoms with E-state index < -0.39 is 0 Å². The van der Waals surface area contributed by atoms with Crippen molar-refractivity contribution in [2.24, 2.45) is 0 Å². The molecule has 0 fully saturated rings. The summed E-state index contributed by atoms with van der Waals surface area (Å²) in [5.74, 6) is 0. The van der Waals surface area contributed by atoms with E-state index in [4.69, 9.17) is 11.6 Å². The van der Waals surface area contributed by atoms with E-state index in [-0.39, 0.29) is 0 Å². The zero-order valence-electron chi connectivity index (χ0n) is 10.6. The molecule has 0 amide bonds. The number of nitrogens with one attached hydrogen (secondary N) is 1. The Morgan fingerprint density at radius 2 is 1.95 bits per heavy atom. The van der Waals surface area contributed by atoms with Gasteiger partial charge in [-0.05, 0) is 58.5 Å². The third-order valence-corrected chi connectivity index (χ3v) is 4.27. The minimum atomic E-state index is 0.759. The maximum atomic E-state index is 5.97. The maximum Gasteiger partial charge on any atom is 0.0705 e. The van der Waals surface area contributed by atoms with Gasteiger partial charge in [-0.2, -0.15) is 0 Å². The molecule has 0 aliphatic rings. The van der Waals surface area contributed by atoms with Crippen LogP contribution >= 0.6 is 34.2 Å². The van der Waals surface area contributed by atoms with Gasteiger partial charge in [0.2, 0.25) is 0 Å². The van der Waals surface area contributed by atoms with Crippen LogP contribution in [-0.4, -0.2) is 4.98 Å². The Labute approximate surface area is 136 Å². The Morgan fingerprint density at radius 3 is 2.80 bits per heavy atom. The van der Waals surface area contributed by atoms with Gasteiger partial charge in [0, 0.05) is 32.4 Å². The van der Waals surface area contributed by atoms with Crippen LogP contribution in [0.2, 0.25) is 5.02 Å². The van der Waals surface area contributed by atoms with E-state index in [1.54, 1.807) is 0 Å². The molecule has 1 heterocycles. The van der Waals surface area contributed by atoms with Crippen molar-refractivity contribution in [2.45, 2.75) is 6.54 Å². The number of aromatic nitrogens is 1. The zero-order valence-corrected chi connectivity index (χ0v) is 13.5. The highest BCUT2D eigenvalue weighted by Crippen LogP contribution is 2.24. The molecule has 0 saturated heterocycles. The monoisotopic (exact) mass is 394 g/mol. The highest BCUT2D eigenvalue weighted by Gasteiger charge is 2.03. The number of halogens is 2. The van der Waals surface area contributed by atoms with Crippen molar-refractivity contribution in [3.63, 3.8) is 0 Å². The lowest BCUT2D eigenvalue weighted by Crippen LogP contribution is -2.02. The number of nitrogens with zero attached hydrogens (tertiary/aromatic N) is 1. The fraction of sp³-hybridized carbons (Fsp3) is 0.0625. The van der Waals surface area contributed by atoms with E-state index in [2.05, 4.69) is 45.0 Å². The average molecular weight is 395 g/mol. The highest BCUT2D eigenvalue weighted by atomic mass is 127. The van der Waals surface area contributed by atoms with Crippen LogP contribution in [0.1, 0.15) is 5.56 Å². The van der Waals surface area contributed by atoms with E-state index in [1.165, 1.54) is 10.9 Å². The lowest BCUT2D eigenvalue weighted by Gasteiger charge is -2.10. The summed E-state index contributed by atoms with van der Waals surface area (Å²) in [6.45, 7) is 0.765. The van der Waals surface area contributed by atoms with Gasteiger partial charge in [0.05, 0.1) is 5.52 Å². The predicted octanol–water partition coefficient (Wildman–Crippen LogP) is 5.10. The lowest BCUT2D eigenvalue weighted by atomic mass is 10.1. The Hall–Kier alpha value is -1.33. The van der Waals surface area contributed by atoms with Crippen molar-refractivity contribution in [2.75, 3.05) is 5.32 Å². The van der Waals surface area contributed by atoms with Gasteiger partial charge in [-0.25, -0.2) is 0 Å². The van der Waals surface area contributed by atoms with Gasteiger partial charge in [0.15, 0.2) is 0 Å². The topological polar surface area (TPSA) is 24.9 Å². The van der Waals surface area contributed by atoms with E-state index >= 15 is 0 Å². The molecule has 100 valence electrons. The van der Waals surface area contributed by atoms with Gasteiger partial charge < -0.3 is 5.32 Å². The Kier molecular flexibility index (Phi) is 4.08. The molecule has 3 aromatic rings. The van der Waals surface area contributed by atoms with Crippen LogP contribution in [-0.2, 0) is 6.54 Å². The molecule has 0 atom stereocenters.